The van der Waals surface area contributed by atoms with Crippen LogP contribution >= 0.6 is 15.9 Å². The minimum atomic E-state index is -0.506. The van der Waals surface area contributed by atoms with E-state index >= 15 is 0 Å². The van der Waals surface area contributed by atoms with Crippen molar-refractivity contribution in [3.63, 3.8) is 0 Å². The fraction of sp³-hybridized carbons (Fsp3) is 0.267. The second-order valence-corrected chi connectivity index (χ2v) is 5.83. The normalized spacial score (nSPS) is 14.0. The molecule has 3 rings (SSSR count). The van der Waals surface area contributed by atoms with Crippen molar-refractivity contribution in [3.05, 3.63) is 40.5 Å². The Morgan fingerprint density at radius 1 is 1.39 bits per heavy atom. The zero-order valence-electron chi connectivity index (χ0n) is 12.1. The predicted octanol–water partition coefficient (Wildman–Crippen LogP) is 2.45. The number of aromatic nitrogens is 2. The third-order valence-corrected chi connectivity index (χ3v) is 3.91. The van der Waals surface area contributed by atoms with Crippen LogP contribution in [0.15, 0.2) is 34.8 Å². The summed E-state index contributed by atoms with van der Waals surface area (Å²) in [6.07, 6.45) is -0.375. The quantitative estimate of drug-likeness (QED) is 0.806. The van der Waals surface area contributed by atoms with E-state index in [4.69, 9.17) is 9.47 Å². The summed E-state index contributed by atoms with van der Waals surface area (Å²) >= 11 is 3.37. The van der Waals surface area contributed by atoms with Gasteiger partial charge in [0.15, 0.2) is 0 Å². The van der Waals surface area contributed by atoms with Crippen LogP contribution in [0, 0.1) is 0 Å². The number of esters is 1. The number of carbonyl (C=O) groups excluding carboxylic acids is 2. The van der Waals surface area contributed by atoms with Crippen molar-refractivity contribution < 1.29 is 19.1 Å². The van der Waals surface area contributed by atoms with Gasteiger partial charge >= 0.3 is 12.1 Å². The van der Waals surface area contributed by atoms with Crippen LogP contribution in [0.25, 0.3) is 11.3 Å². The Kier molecular flexibility index (Phi) is 4.61. The maximum atomic E-state index is 12.0. The highest BCUT2D eigenvalue weighted by molar-refractivity contribution is 9.10. The molecule has 0 saturated carbocycles. The second kappa shape index (κ2) is 6.82. The van der Waals surface area contributed by atoms with Crippen molar-refractivity contribution in [2.45, 2.75) is 0 Å². The SMILES string of the molecule is O=C(OCCN1CCOC1=O)c1cc(-c2ccc(Br)cc2)n[nH]1. The lowest BCUT2D eigenvalue weighted by Crippen LogP contribution is -2.29. The van der Waals surface area contributed by atoms with Gasteiger partial charge in [0.2, 0.25) is 0 Å². The van der Waals surface area contributed by atoms with E-state index in [0.717, 1.165) is 10.0 Å². The van der Waals surface area contributed by atoms with E-state index in [1.165, 1.54) is 4.90 Å². The first-order valence-electron chi connectivity index (χ1n) is 7.03. The Bertz CT molecular complexity index is 714. The average molecular weight is 380 g/mol. The highest BCUT2D eigenvalue weighted by Gasteiger charge is 2.22. The van der Waals surface area contributed by atoms with Gasteiger partial charge in [-0.15, -0.1) is 0 Å². The number of carbonyl (C=O) groups is 2. The summed E-state index contributed by atoms with van der Waals surface area (Å²) in [5.74, 6) is -0.506. The highest BCUT2D eigenvalue weighted by atomic mass is 79.9. The molecule has 1 amide bonds. The van der Waals surface area contributed by atoms with E-state index in [1.54, 1.807) is 6.07 Å². The molecule has 1 aromatic heterocycles. The number of hydrogen-bond acceptors (Lipinski definition) is 5. The van der Waals surface area contributed by atoms with Crippen molar-refractivity contribution in [1.29, 1.82) is 0 Å². The number of rotatable bonds is 5. The number of benzene rings is 1. The van der Waals surface area contributed by atoms with Crippen LogP contribution in [0.3, 0.4) is 0 Å². The first kappa shape index (κ1) is 15.5. The van der Waals surface area contributed by atoms with Crippen molar-refractivity contribution in [2.24, 2.45) is 0 Å². The van der Waals surface area contributed by atoms with Gasteiger partial charge < -0.3 is 14.4 Å². The molecule has 23 heavy (non-hydrogen) atoms. The summed E-state index contributed by atoms with van der Waals surface area (Å²) < 4.78 is 10.9. The van der Waals surface area contributed by atoms with E-state index in [1.807, 2.05) is 24.3 Å². The molecule has 1 N–H and O–H groups in total. The van der Waals surface area contributed by atoms with Gasteiger partial charge in [0.05, 0.1) is 18.8 Å². The number of nitrogens with zero attached hydrogens (tertiary/aromatic N) is 2. The predicted molar refractivity (Wildman–Crippen MR) is 84.9 cm³/mol. The van der Waals surface area contributed by atoms with Crippen LogP contribution in [0.1, 0.15) is 10.5 Å². The molecule has 1 aromatic carbocycles. The number of nitrogens with one attached hydrogen (secondary N) is 1. The van der Waals surface area contributed by atoms with E-state index < -0.39 is 5.97 Å². The van der Waals surface area contributed by atoms with Crippen LogP contribution < -0.4 is 0 Å². The van der Waals surface area contributed by atoms with Gasteiger partial charge in [0.1, 0.15) is 18.9 Å². The lowest BCUT2D eigenvalue weighted by Gasteiger charge is -2.11. The third kappa shape index (κ3) is 3.70. The maximum Gasteiger partial charge on any atom is 0.410 e. The van der Waals surface area contributed by atoms with Gasteiger partial charge in [0.25, 0.3) is 0 Å². The summed E-state index contributed by atoms with van der Waals surface area (Å²) in [7, 11) is 0. The van der Waals surface area contributed by atoms with E-state index in [-0.39, 0.29) is 18.4 Å². The number of aromatic amines is 1. The molecular formula is C15H14BrN3O4. The monoisotopic (exact) mass is 379 g/mol. The molecule has 120 valence electrons. The molecule has 8 heteroatoms. The molecule has 0 unspecified atom stereocenters. The summed E-state index contributed by atoms with van der Waals surface area (Å²) in [6, 6.07) is 9.23. The van der Waals surface area contributed by atoms with Crippen LogP contribution in [0.2, 0.25) is 0 Å². The fourth-order valence-corrected chi connectivity index (χ4v) is 2.41. The lowest BCUT2D eigenvalue weighted by atomic mass is 10.1. The first-order chi connectivity index (χ1) is 11.1. The van der Waals surface area contributed by atoms with E-state index in [0.29, 0.717) is 25.4 Å². The molecule has 2 aromatic rings. The summed E-state index contributed by atoms with van der Waals surface area (Å²) in [5.41, 5.74) is 1.82. The average Bonchev–Trinajstić information content (AvgIpc) is 3.18. The minimum absolute atomic E-state index is 0.112. The topological polar surface area (TPSA) is 84.5 Å². The zero-order chi connectivity index (χ0) is 16.2. The molecular weight excluding hydrogens is 366 g/mol. The van der Waals surface area contributed by atoms with E-state index in [9.17, 15) is 9.59 Å². The minimum Gasteiger partial charge on any atom is -0.459 e. The Morgan fingerprint density at radius 3 is 2.87 bits per heavy atom. The second-order valence-electron chi connectivity index (χ2n) is 4.91. The molecule has 7 nitrogen and oxygen atoms in total. The summed E-state index contributed by atoms with van der Waals surface area (Å²) in [6.45, 7) is 1.33. The molecule has 1 aliphatic rings. The first-order valence-corrected chi connectivity index (χ1v) is 7.83. The number of hydrogen-bond donors (Lipinski definition) is 1. The van der Waals surface area contributed by atoms with Crippen molar-refractivity contribution in [1.82, 2.24) is 15.1 Å². The van der Waals surface area contributed by atoms with Crippen molar-refractivity contribution in [2.75, 3.05) is 26.3 Å². The maximum absolute atomic E-state index is 12.0. The molecule has 2 heterocycles. The Labute approximate surface area is 140 Å². The van der Waals surface area contributed by atoms with Gasteiger partial charge in [-0.3, -0.25) is 5.10 Å². The molecule has 0 spiro atoms. The number of ether oxygens (including phenoxy) is 2. The van der Waals surface area contributed by atoms with Crippen molar-refractivity contribution >= 4 is 28.0 Å². The van der Waals surface area contributed by atoms with Gasteiger partial charge in [-0.05, 0) is 18.2 Å². The molecule has 1 fully saturated rings. The number of cyclic esters (lactones) is 1. The van der Waals surface area contributed by atoms with Gasteiger partial charge in [-0.2, -0.15) is 5.10 Å². The zero-order valence-corrected chi connectivity index (χ0v) is 13.7. The molecule has 0 aliphatic carbocycles. The number of H-pyrrole nitrogens is 1. The van der Waals surface area contributed by atoms with Gasteiger partial charge in [-0.1, -0.05) is 28.1 Å². The van der Waals surface area contributed by atoms with Crippen LogP contribution in [-0.2, 0) is 9.47 Å². The Morgan fingerprint density at radius 2 is 2.17 bits per heavy atom. The van der Waals surface area contributed by atoms with Crippen LogP contribution in [0.5, 0.6) is 0 Å². The lowest BCUT2D eigenvalue weighted by molar-refractivity contribution is 0.0470. The van der Waals surface area contributed by atoms with Crippen molar-refractivity contribution in [3.8, 4) is 11.3 Å². The largest absolute Gasteiger partial charge is 0.459 e. The van der Waals surface area contributed by atoms with Gasteiger partial charge in [-0.25, -0.2) is 9.59 Å². The molecule has 0 atom stereocenters. The molecule has 0 bridgehead atoms. The fourth-order valence-electron chi connectivity index (χ4n) is 2.15. The van der Waals surface area contributed by atoms with E-state index in [2.05, 4.69) is 26.1 Å². The number of halogens is 1. The van der Waals surface area contributed by atoms with Crippen LogP contribution in [0.4, 0.5) is 4.79 Å². The van der Waals surface area contributed by atoms with Crippen LogP contribution in [-0.4, -0.2) is 53.5 Å². The van der Waals surface area contributed by atoms with Gasteiger partial charge in [0, 0.05) is 10.0 Å². The molecule has 0 radical (unpaired) electrons. The Balaban J connectivity index is 1.56. The Hall–Kier alpha value is -2.35. The smallest absolute Gasteiger partial charge is 0.410 e. The highest BCUT2D eigenvalue weighted by Crippen LogP contribution is 2.20. The standard InChI is InChI=1S/C15H14BrN3O4/c16-11-3-1-10(2-4-11)12-9-13(18-17-12)14(20)22-7-5-19-6-8-23-15(19)21/h1-4,9H,5-8H2,(H,17,18). The molecule has 1 saturated heterocycles. The summed E-state index contributed by atoms with van der Waals surface area (Å²) in [4.78, 5) is 24.7. The summed E-state index contributed by atoms with van der Waals surface area (Å²) in [5, 5.41) is 6.77. The third-order valence-electron chi connectivity index (χ3n) is 3.38. The molecule has 1 aliphatic heterocycles. The number of amides is 1.